The van der Waals surface area contributed by atoms with E-state index in [4.69, 9.17) is 4.74 Å². The van der Waals surface area contributed by atoms with E-state index in [2.05, 4.69) is 32.5 Å². The van der Waals surface area contributed by atoms with E-state index in [0.717, 1.165) is 12.8 Å². The van der Waals surface area contributed by atoms with Gasteiger partial charge in [-0.15, -0.1) is 0 Å². The van der Waals surface area contributed by atoms with E-state index in [1.165, 1.54) is 5.56 Å². The maximum Gasteiger partial charge on any atom is 0.278 e. The van der Waals surface area contributed by atoms with Crippen LogP contribution < -0.4 is 15.7 Å². The van der Waals surface area contributed by atoms with Crippen molar-refractivity contribution in [2.75, 3.05) is 6.61 Å². The van der Waals surface area contributed by atoms with Crippen molar-refractivity contribution in [3.8, 4) is 5.75 Å². The summed E-state index contributed by atoms with van der Waals surface area (Å²) in [6.45, 7) is 0.541. The molecule has 0 unspecified atom stereocenters. The van der Waals surface area contributed by atoms with Crippen LogP contribution in [0, 0.1) is 0 Å². The summed E-state index contributed by atoms with van der Waals surface area (Å²) in [4.78, 5) is 27.4. The number of hydrogen-bond donors (Lipinski definition) is 2. The standard InChI is InChI=1S/C19H16N4O3/c24-18-14-9-8-13(26-10-4-7-12-5-2-1-3-6-12)11-15(14)20-19(25)17-16(18)21-23-22-17/h1-3,5-6,8-9,11H,4,7,10H2,(H,20,25)(H,21,22,23). The number of aromatic nitrogens is 4. The van der Waals surface area contributed by atoms with Gasteiger partial charge in [-0.25, -0.2) is 0 Å². The van der Waals surface area contributed by atoms with E-state index < -0.39 is 5.56 Å². The largest absolute Gasteiger partial charge is 0.494 e. The van der Waals surface area contributed by atoms with Crippen LogP contribution in [-0.2, 0) is 6.42 Å². The second kappa shape index (κ2) is 6.79. The average Bonchev–Trinajstić information content (AvgIpc) is 3.12. The Balaban J connectivity index is 1.57. The molecule has 0 saturated carbocycles. The lowest BCUT2D eigenvalue weighted by atomic mass is 10.1. The Morgan fingerprint density at radius 3 is 2.62 bits per heavy atom. The van der Waals surface area contributed by atoms with Crippen LogP contribution in [0.25, 0.3) is 21.9 Å². The predicted molar refractivity (Wildman–Crippen MR) is 98.5 cm³/mol. The van der Waals surface area contributed by atoms with Gasteiger partial charge < -0.3 is 9.72 Å². The van der Waals surface area contributed by atoms with E-state index in [0.29, 0.717) is 23.3 Å². The third-order valence-electron chi connectivity index (χ3n) is 4.18. The molecule has 26 heavy (non-hydrogen) atoms. The molecule has 0 spiro atoms. The smallest absolute Gasteiger partial charge is 0.278 e. The lowest BCUT2D eigenvalue weighted by Crippen LogP contribution is -2.03. The summed E-state index contributed by atoms with van der Waals surface area (Å²) >= 11 is 0. The summed E-state index contributed by atoms with van der Waals surface area (Å²) in [7, 11) is 0. The Kier molecular flexibility index (Phi) is 4.18. The lowest BCUT2D eigenvalue weighted by molar-refractivity contribution is 0.311. The molecule has 0 aliphatic carbocycles. The molecule has 0 atom stereocenters. The van der Waals surface area contributed by atoms with Gasteiger partial charge in [-0.1, -0.05) is 30.3 Å². The van der Waals surface area contributed by atoms with Crippen LogP contribution in [0.1, 0.15) is 12.0 Å². The van der Waals surface area contributed by atoms with Crippen molar-refractivity contribution in [2.24, 2.45) is 0 Å². The lowest BCUT2D eigenvalue weighted by Gasteiger charge is -2.06. The van der Waals surface area contributed by atoms with Crippen molar-refractivity contribution >= 4 is 21.9 Å². The van der Waals surface area contributed by atoms with E-state index in [-0.39, 0.29) is 16.5 Å². The van der Waals surface area contributed by atoms with Gasteiger partial charge in [-0.05, 0) is 30.5 Å². The van der Waals surface area contributed by atoms with Gasteiger partial charge in [0.2, 0.25) is 5.43 Å². The molecule has 0 aliphatic heterocycles. The van der Waals surface area contributed by atoms with E-state index in [1.54, 1.807) is 18.2 Å². The molecule has 2 aromatic heterocycles. The molecule has 4 rings (SSSR count). The van der Waals surface area contributed by atoms with Gasteiger partial charge in [-0.2, -0.15) is 15.4 Å². The van der Waals surface area contributed by atoms with Crippen LogP contribution in [-0.4, -0.2) is 27.0 Å². The van der Waals surface area contributed by atoms with Crippen molar-refractivity contribution in [3.05, 3.63) is 74.7 Å². The Hall–Kier alpha value is -3.48. The van der Waals surface area contributed by atoms with Gasteiger partial charge in [0, 0.05) is 11.5 Å². The van der Waals surface area contributed by atoms with Crippen LogP contribution in [0.3, 0.4) is 0 Å². The van der Waals surface area contributed by atoms with Crippen molar-refractivity contribution in [1.29, 1.82) is 0 Å². The summed E-state index contributed by atoms with van der Waals surface area (Å²) in [5.41, 5.74) is 0.868. The van der Waals surface area contributed by atoms with Gasteiger partial charge in [0.1, 0.15) is 5.75 Å². The molecule has 0 amide bonds. The molecule has 0 fully saturated rings. The minimum Gasteiger partial charge on any atom is -0.494 e. The minimum absolute atomic E-state index is 0.00321. The highest BCUT2D eigenvalue weighted by molar-refractivity contribution is 5.87. The first-order valence-corrected chi connectivity index (χ1v) is 8.30. The van der Waals surface area contributed by atoms with Crippen LogP contribution in [0.4, 0.5) is 0 Å². The van der Waals surface area contributed by atoms with Gasteiger partial charge in [-0.3, -0.25) is 9.59 Å². The summed E-state index contributed by atoms with van der Waals surface area (Å²) in [6, 6.07) is 15.2. The number of hydrogen-bond acceptors (Lipinski definition) is 5. The fourth-order valence-corrected chi connectivity index (χ4v) is 2.88. The summed E-state index contributed by atoms with van der Waals surface area (Å²) in [6.07, 6.45) is 1.79. The zero-order chi connectivity index (χ0) is 17.9. The summed E-state index contributed by atoms with van der Waals surface area (Å²) < 4.78 is 5.76. The fraction of sp³-hybridized carbons (Fsp3) is 0.158. The number of ether oxygens (including phenoxy) is 1. The first-order valence-electron chi connectivity index (χ1n) is 8.30. The molecular weight excluding hydrogens is 332 g/mol. The predicted octanol–water partition coefficient (Wildman–Crippen LogP) is 2.17. The zero-order valence-corrected chi connectivity index (χ0v) is 13.9. The van der Waals surface area contributed by atoms with E-state index in [9.17, 15) is 9.59 Å². The summed E-state index contributed by atoms with van der Waals surface area (Å²) in [5, 5.41) is 10.2. The Morgan fingerprint density at radius 1 is 0.962 bits per heavy atom. The van der Waals surface area contributed by atoms with Crippen LogP contribution in [0.2, 0.25) is 0 Å². The van der Waals surface area contributed by atoms with Crippen LogP contribution in [0.5, 0.6) is 5.75 Å². The van der Waals surface area contributed by atoms with Crippen LogP contribution >= 0.6 is 0 Å². The van der Waals surface area contributed by atoms with Crippen molar-refractivity contribution in [3.63, 3.8) is 0 Å². The molecule has 0 aliphatic rings. The van der Waals surface area contributed by atoms with E-state index >= 15 is 0 Å². The van der Waals surface area contributed by atoms with Gasteiger partial charge >= 0.3 is 0 Å². The van der Waals surface area contributed by atoms with Crippen molar-refractivity contribution in [1.82, 2.24) is 20.4 Å². The van der Waals surface area contributed by atoms with Gasteiger partial charge in [0.15, 0.2) is 11.0 Å². The molecule has 2 N–H and O–H groups in total. The fourth-order valence-electron chi connectivity index (χ4n) is 2.88. The molecule has 0 saturated heterocycles. The second-order valence-corrected chi connectivity index (χ2v) is 5.95. The number of rotatable bonds is 5. The number of nitrogens with one attached hydrogen (secondary N) is 2. The molecule has 7 heteroatoms. The van der Waals surface area contributed by atoms with Crippen molar-refractivity contribution < 1.29 is 4.74 Å². The molecule has 0 radical (unpaired) electrons. The molecule has 2 heterocycles. The van der Waals surface area contributed by atoms with Gasteiger partial charge in [0.05, 0.1) is 12.1 Å². The molecule has 4 aromatic rings. The number of nitrogens with zero attached hydrogens (tertiary/aromatic N) is 2. The van der Waals surface area contributed by atoms with Gasteiger partial charge in [0.25, 0.3) is 5.56 Å². The van der Waals surface area contributed by atoms with Crippen LogP contribution in [0.15, 0.2) is 58.1 Å². The molecule has 7 nitrogen and oxygen atoms in total. The maximum absolute atomic E-state index is 12.5. The summed E-state index contributed by atoms with van der Waals surface area (Å²) in [5.74, 6) is 0.596. The average molecular weight is 348 g/mol. The molecule has 130 valence electrons. The Bertz CT molecular complexity index is 1180. The molecule has 0 bridgehead atoms. The Morgan fingerprint density at radius 2 is 1.77 bits per heavy atom. The molecular formula is C19H16N4O3. The zero-order valence-electron chi connectivity index (χ0n) is 13.9. The van der Waals surface area contributed by atoms with E-state index in [1.807, 2.05) is 18.2 Å². The SMILES string of the molecule is O=c1[nH]c2cc(OCCCc3ccccc3)ccc2c(=O)c2n[nH]nc12. The Labute approximate surface area is 147 Å². The number of fused-ring (bicyclic) bond motifs is 2. The first-order chi connectivity index (χ1) is 12.7. The number of aromatic amines is 2. The minimum atomic E-state index is -0.470. The highest BCUT2D eigenvalue weighted by Crippen LogP contribution is 2.17. The number of H-pyrrole nitrogens is 2. The second-order valence-electron chi connectivity index (χ2n) is 5.95. The normalized spacial score (nSPS) is 11.1. The highest BCUT2D eigenvalue weighted by atomic mass is 16.5. The third kappa shape index (κ3) is 3.06. The highest BCUT2D eigenvalue weighted by Gasteiger charge is 2.10. The third-order valence-corrected chi connectivity index (χ3v) is 4.18. The molecule has 2 aromatic carbocycles. The number of benzene rings is 2. The number of aryl methyl sites for hydroxylation is 1. The van der Waals surface area contributed by atoms with Crippen molar-refractivity contribution in [2.45, 2.75) is 12.8 Å². The first kappa shape index (κ1) is 16.0. The monoisotopic (exact) mass is 348 g/mol. The maximum atomic E-state index is 12.5. The quantitative estimate of drug-likeness (QED) is 0.538. The topological polar surface area (TPSA) is 101 Å².